The maximum atomic E-state index is 5.56. The highest BCUT2D eigenvalue weighted by Gasteiger charge is 2.27. The number of hydrogen-bond donors (Lipinski definition) is 2. The van der Waals surface area contributed by atoms with Crippen LogP contribution in [0.3, 0.4) is 0 Å². The van der Waals surface area contributed by atoms with Crippen LogP contribution in [0.1, 0.15) is 17.2 Å². The summed E-state index contributed by atoms with van der Waals surface area (Å²) in [6.45, 7) is 4.82. The van der Waals surface area contributed by atoms with Crippen LogP contribution in [0.4, 0.5) is 0 Å². The molecule has 0 amide bonds. The molecule has 2 atom stereocenters. The predicted molar refractivity (Wildman–Crippen MR) is 71.7 cm³/mol. The molecule has 2 N–H and O–H groups in total. The van der Waals surface area contributed by atoms with Gasteiger partial charge in [-0.3, -0.25) is 0 Å². The number of morpholine rings is 1. The summed E-state index contributed by atoms with van der Waals surface area (Å²) in [5.41, 5.74) is 2.44. The minimum absolute atomic E-state index is 0.204. The van der Waals surface area contributed by atoms with Crippen molar-refractivity contribution in [1.29, 1.82) is 0 Å². The van der Waals surface area contributed by atoms with Crippen LogP contribution in [0.15, 0.2) is 12.1 Å². The predicted octanol–water partition coefficient (Wildman–Crippen LogP) is 0.973. The molecule has 5 heteroatoms. The standard InChI is InChI=1S/C14H20N2O3/c1-9-5-12-13(19-8-18-12)6-10(9)14(15-2)11-7-17-4-3-16-11/h5-6,11,14-16H,3-4,7-8H2,1-2H3. The van der Waals surface area contributed by atoms with Crippen LogP contribution in [-0.4, -0.2) is 39.6 Å². The fourth-order valence-corrected chi connectivity index (χ4v) is 2.77. The van der Waals surface area contributed by atoms with Crippen molar-refractivity contribution in [3.63, 3.8) is 0 Å². The second kappa shape index (κ2) is 5.36. The Hall–Kier alpha value is -1.30. The van der Waals surface area contributed by atoms with Crippen molar-refractivity contribution in [3.8, 4) is 11.5 Å². The Balaban J connectivity index is 1.90. The maximum Gasteiger partial charge on any atom is 0.231 e. The Bertz CT molecular complexity index is 458. The quantitative estimate of drug-likeness (QED) is 0.852. The van der Waals surface area contributed by atoms with E-state index >= 15 is 0 Å². The number of aryl methyl sites for hydroxylation is 1. The number of hydrogen-bond acceptors (Lipinski definition) is 5. The van der Waals surface area contributed by atoms with Gasteiger partial charge in [-0.1, -0.05) is 0 Å². The van der Waals surface area contributed by atoms with Crippen molar-refractivity contribution < 1.29 is 14.2 Å². The van der Waals surface area contributed by atoms with Gasteiger partial charge in [0.1, 0.15) is 0 Å². The Kier molecular flexibility index (Phi) is 3.59. The average Bonchev–Trinajstić information content (AvgIpc) is 2.88. The third-order valence-electron chi connectivity index (χ3n) is 3.76. The molecule has 3 rings (SSSR count). The molecule has 2 aliphatic rings. The third kappa shape index (κ3) is 2.41. The minimum Gasteiger partial charge on any atom is -0.454 e. The molecule has 2 unspecified atom stereocenters. The first kappa shape index (κ1) is 12.7. The van der Waals surface area contributed by atoms with E-state index in [4.69, 9.17) is 14.2 Å². The van der Waals surface area contributed by atoms with Gasteiger partial charge in [0.25, 0.3) is 0 Å². The van der Waals surface area contributed by atoms with Crippen LogP contribution in [0.5, 0.6) is 11.5 Å². The monoisotopic (exact) mass is 264 g/mol. The molecule has 0 spiro atoms. The molecule has 1 aromatic carbocycles. The Morgan fingerprint density at radius 3 is 2.79 bits per heavy atom. The molecule has 2 heterocycles. The van der Waals surface area contributed by atoms with Gasteiger partial charge < -0.3 is 24.8 Å². The number of benzene rings is 1. The van der Waals surface area contributed by atoms with Gasteiger partial charge in [-0.25, -0.2) is 0 Å². The lowest BCUT2D eigenvalue weighted by Gasteiger charge is -2.32. The number of likely N-dealkylation sites (N-methyl/N-ethyl adjacent to an activating group) is 1. The molecular weight excluding hydrogens is 244 g/mol. The van der Waals surface area contributed by atoms with E-state index in [-0.39, 0.29) is 12.1 Å². The van der Waals surface area contributed by atoms with Gasteiger partial charge in [0.2, 0.25) is 6.79 Å². The second-order valence-electron chi connectivity index (χ2n) is 4.96. The first-order valence-electron chi connectivity index (χ1n) is 6.68. The highest BCUT2D eigenvalue weighted by molar-refractivity contribution is 5.49. The summed E-state index contributed by atoms with van der Waals surface area (Å²) in [4.78, 5) is 0. The molecule has 19 heavy (non-hydrogen) atoms. The lowest BCUT2D eigenvalue weighted by atomic mass is 9.94. The van der Waals surface area contributed by atoms with Gasteiger partial charge in [0.15, 0.2) is 11.5 Å². The summed E-state index contributed by atoms with van der Waals surface area (Å²) in [7, 11) is 1.98. The molecule has 5 nitrogen and oxygen atoms in total. The highest BCUT2D eigenvalue weighted by Crippen LogP contribution is 2.37. The van der Waals surface area contributed by atoms with E-state index in [2.05, 4.69) is 23.6 Å². The lowest BCUT2D eigenvalue weighted by Crippen LogP contribution is -2.48. The molecule has 1 aromatic rings. The van der Waals surface area contributed by atoms with E-state index in [0.29, 0.717) is 6.79 Å². The average molecular weight is 264 g/mol. The first-order chi connectivity index (χ1) is 9.29. The SMILES string of the molecule is CNC(c1cc2c(cc1C)OCO2)C1COCCN1. The molecule has 0 aromatic heterocycles. The molecular formula is C14H20N2O3. The Labute approximate surface area is 113 Å². The summed E-state index contributed by atoms with van der Waals surface area (Å²) in [5, 5.41) is 6.89. The van der Waals surface area contributed by atoms with Gasteiger partial charge in [-0.05, 0) is 37.2 Å². The summed E-state index contributed by atoms with van der Waals surface area (Å²) in [5.74, 6) is 1.67. The fraction of sp³-hybridized carbons (Fsp3) is 0.571. The van der Waals surface area contributed by atoms with Gasteiger partial charge in [0.05, 0.1) is 19.3 Å². The lowest BCUT2D eigenvalue weighted by molar-refractivity contribution is 0.0644. The zero-order chi connectivity index (χ0) is 13.2. The van der Waals surface area contributed by atoms with Crippen molar-refractivity contribution in [3.05, 3.63) is 23.3 Å². The van der Waals surface area contributed by atoms with E-state index in [9.17, 15) is 0 Å². The summed E-state index contributed by atoms with van der Waals surface area (Å²) >= 11 is 0. The highest BCUT2D eigenvalue weighted by atomic mass is 16.7. The first-order valence-corrected chi connectivity index (χ1v) is 6.68. The van der Waals surface area contributed by atoms with Gasteiger partial charge >= 0.3 is 0 Å². The van der Waals surface area contributed by atoms with Crippen LogP contribution in [0.2, 0.25) is 0 Å². The van der Waals surface area contributed by atoms with E-state index in [1.165, 1.54) is 11.1 Å². The van der Waals surface area contributed by atoms with Crippen molar-refractivity contribution in [2.75, 3.05) is 33.6 Å². The Morgan fingerprint density at radius 2 is 2.11 bits per heavy atom. The van der Waals surface area contributed by atoms with Crippen molar-refractivity contribution in [2.24, 2.45) is 0 Å². The fourth-order valence-electron chi connectivity index (χ4n) is 2.77. The topological polar surface area (TPSA) is 51.8 Å². The van der Waals surface area contributed by atoms with E-state index in [1.807, 2.05) is 13.1 Å². The van der Waals surface area contributed by atoms with Crippen LogP contribution >= 0.6 is 0 Å². The van der Waals surface area contributed by atoms with Crippen molar-refractivity contribution >= 4 is 0 Å². The smallest absolute Gasteiger partial charge is 0.231 e. The second-order valence-corrected chi connectivity index (χ2v) is 4.96. The molecule has 0 saturated carbocycles. The number of fused-ring (bicyclic) bond motifs is 1. The maximum absolute atomic E-state index is 5.56. The third-order valence-corrected chi connectivity index (χ3v) is 3.76. The van der Waals surface area contributed by atoms with E-state index in [0.717, 1.165) is 31.3 Å². The molecule has 1 fully saturated rings. The molecule has 104 valence electrons. The van der Waals surface area contributed by atoms with Crippen LogP contribution in [0, 0.1) is 6.92 Å². The van der Waals surface area contributed by atoms with Crippen molar-refractivity contribution in [2.45, 2.75) is 19.0 Å². The van der Waals surface area contributed by atoms with Gasteiger partial charge in [-0.2, -0.15) is 0 Å². The normalized spacial score (nSPS) is 23.4. The summed E-state index contributed by atoms with van der Waals surface area (Å²) in [6.07, 6.45) is 0. The van der Waals surface area contributed by atoms with Gasteiger partial charge in [0, 0.05) is 12.6 Å². The number of nitrogens with one attached hydrogen (secondary N) is 2. The van der Waals surface area contributed by atoms with E-state index in [1.54, 1.807) is 0 Å². The molecule has 1 saturated heterocycles. The molecule has 0 bridgehead atoms. The Morgan fingerprint density at radius 1 is 1.32 bits per heavy atom. The number of rotatable bonds is 3. The minimum atomic E-state index is 0.204. The van der Waals surface area contributed by atoms with E-state index < -0.39 is 0 Å². The van der Waals surface area contributed by atoms with Crippen LogP contribution < -0.4 is 20.1 Å². The van der Waals surface area contributed by atoms with Crippen LogP contribution in [0.25, 0.3) is 0 Å². The number of ether oxygens (including phenoxy) is 3. The van der Waals surface area contributed by atoms with Crippen LogP contribution in [-0.2, 0) is 4.74 Å². The zero-order valence-corrected chi connectivity index (χ0v) is 11.4. The summed E-state index contributed by atoms with van der Waals surface area (Å²) < 4.78 is 16.4. The molecule has 0 radical (unpaired) electrons. The molecule has 0 aliphatic carbocycles. The molecule has 2 aliphatic heterocycles. The van der Waals surface area contributed by atoms with Gasteiger partial charge in [-0.15, -0.1) is 0 Å². The zero-order valence-electron chi connectivity index (χ0n) is 11.4. The van der Waals surface area contributed by atoms with Crippen molar-refractivity contribution in [1.82, 2.24) is 10.6 Å². The largest absolute Gasteiger partial charge is 0.454 e. The summed E-state index contributed by atoms with van der Waals surface area (Å²) in [6, 6.07) is 4.61.